The molecule has 0 bridgehead atoms. The van der Waals surface area contributed by atoms with Crippen LogP contribution < -0.4 is 19.5 Å². The van der Waals surface area contributed by atoms with Crippen LogP contribution >= 0.6 is 0 Å². The van der Waals surface area contributed by atoms with Crippen LogP contribution in [0.1, 0.15) is 11.1 Å². The number of halogens is 2. The molecular weight excluding hydrogens is 398 g/mol. The number of hydrogen-bond donors (Lipinski definition) is 1. The Hall–Kier alpha value is -3.62. The van der Waals surface area contributed by atoms with Gasteiger partial charge in [0.1, 0.15) is 17.3 Å². The Labute approximate surface area is 171 Å². The lowest BCUT2D eigenvalue weighted by molar-refractivity contribution is -0.137. The number of hydrogen-bond acceptors (Lipinski definition) is 6. The Kier molecular flexibility index (Phi) is 5.91. The van der Waals surface area contributed by atoms with Crippen LogP contribution in [0.2, 0.25) is 0 Å². The van der Waals surface area contributed by atoms with Crippen molar-refractivity contribution in [2.24, 2.45) is 0 Å². The number of amides is 2. The minimum atomic E-state index is -0.760. The molecule has 7 nitrogen and oxygen atoms in total. The Morgan fingerprint density at radius 2 is 1.50 bits per heavy atom. The summed E-state index contributed by atoms with van der Waals surface area (Å²) in [6, 6.07) is 5.36. The highest BCUT2D eigenvalue weighted by atomic mass is 19.1. The van der Waals surface area contributed by atoms with Gasteiger partial charge in [0.2, 0.25) is 5.75 Å². The van der Waals surface area contributed by atoms with Crippen LogP contribution in [0.15, 0.2) is 36.0 Å². The molecule has 0 fully saturated rings. The van der Waals surface area contributed by atoms with Crippen LogP contribution in [0.3, 0.4) is 0 Å². The summed E-state index contributed by atoms with van der Waals surface area (Å²) in [5.74, 6) is -1.58. The van der Waals surface area contributed by atoms with Crippen LogP contribution in [0.4, 0.5) is 14.5 Å². The van der Waals surface area contributed by atoms with E-state index in [0.29, 0.717) is 22.8 Å². The zero-order chi connectivity index (χ0) is 22.0. The summed E-state index contributed by atoms with van der Waals surface area (Å²) in [6.07, 6.45) is 1.08. The maximum Gasteiger partial charge on any atom is 0.277 e. The van der Waals surface area contributed by atoms with E-state index in [1.807, 2.05) is 0 Å². The molecule has 1 aliphatic rings. The third kappa shape index (κ3) is 3.91. The molecule has 0 spiro atoms. The fraction of sp³-hybridized carbons (Fsp3) is 0.238. The molecule has 0 aromatic heterocycles. The van der Waals surface area contributed by atoms with Gasteiger partial charge in [-0.3, -0.25) is 14.5 Å². The SMILES string of the molecule is COc1cc(CN2C(=O)C=C(Nc3cc(F)c(C)c(F)c3)C2=O)cc(OC)c1OC. The number of benzene rings is 2. The molecule has 9 heteroatoms. The molecule has 158 valence electrons. The fourth-order valence-corrected chi connectivity index (χ4v) is 3.03. The minimum absolute atomic E-state index is 0.0256. The summed E-state index contributed by atoms with van der Waals surface area (Å²) in [5, 5.41) is 2.61. The van der Waals surface area contributed by atoms with Gasteiger partial charge in [0.05, 0.1) is 27.9 Å². The molecule has 0 saturated heterocycles. The molecule has 0 unspecified atom stereocenters. The molecule has 0 aliphatic carbocycles. The number of anilines is 1. The van der Waals surface area contributed by atoms with Crippen molar-refractivity contribution in [1.82, 2.24) is 4.90 Å². The van der Waals surface area contributed by atoms with E-state index in [-0.39, 0.29) is 23.5 Å². The molecule has 30 heavy (non-hydrogen) atoms. The molecular formula is C21H20F2N2O5. The number of nitrogens with one attached hydrogen (secondary N) is 1. The molecule has 0 radical (unpaired) electrons. The van der Waals surface area contributed by atoms with Gasteiger partial charge in [-0.2, -0.15) is 0 Å². The van der Waals surface area contributed by atoms with Crippen LogP contribution in [-0.2, 0) is 16.1 Å². The second-order valence-corrected chi connectivity index (χ2v) is 6.51. The summed E-state index contributed by atoms with van der Waals surface area (Å²) in [5.41, 5.74) is 0.369. The van der Waals surface area contributed by atoms with E-state index >= 15 is 0 Å². The Morgan fingerprint density at radius 1 is 0.933 bits per heavy atom. The first-order valence-electron chi connectivity index (χ1n) is 8.88. The lowest BCUT2D eigenvalue weighted by Gasteiger charge is -2.18. The van der Waals surface area contributed by atoms with Crippen molar-refractivity contribution in [3.8, 4) is 17.2 Å². The normalized spacial score (nSPS) is 13.4. The monoisotopic (exact) mass is 418 g/mol. The van der Waals surface area contributed by atoms with E-state index in [9.17, 15) is 18.4 Å². The van der Waals surface area contributed by atoms with Gasteiger partial charge in [0, 0.05) is 17.3 Å². The number of carbonyl (C=O) groups is 2. The Morgan fingerprint density at radius 3 is 2.00 bits per heavy atom. The van der Waals surface area contributed by atoms with Gasteiger partial charge in [-0.25, -0.2) is 8.78 Å². The first-order valence-corrected chi connectivity index (χ1v) is 8.88. The van der Waals surface area contributed by atoms with Gasteiger partial charge >= 0.3 is 0 Å². The fourth-order valence-electron chi connectivity index (χ4n) is 3.03. The molecule has 1 aliphatic heterocycles. The van der Waals surface area contributed by atoms with Crippen molar-refractivity contribution in [3.05, 3.63) is 58.8 Å². The van der Waals surface area contributed by atoms with Gasteiger partial charge in [-0.1, -0.05) is 0 Å². The summed E-state index contributed by atoms with van der Waals surface area (Å²) < 4.78 is 43.3. The van der Waals surface area contributed by atoms with Crippen molar-refractivity contribution in [2.45, 2.75) is 13.5 Å². The lowest BCUT2D eigenvalue weighted by atomic mass is 10.1. The zero-order valence-electron chi connectivity index (χ0n) is 16.8. The highest BCUT2D eigenvalue weighted by molar-refractivity contribution is 6.17. The lowest BCUT2D eigenvalue weighted by Crippen LogP contribution is -2.31. The molecule has 2 aromatic rings. The second-order valence-electron chi connectivity index (χ2n) is 6.51. The molecule has 1 heterocycles. The first-order chi connectivity index (χ1) is 14.3. The van der Waals surface area contributed by atoms with Gasteiger partial charge in [-0.15, -0.1) is 0 Å². The summed E-state index contributed by atoms with van der Waals surface area (Å²) in [4.78, 5) is 26.0. The molecule has 2 aromatic carbocycles. The summed E-state index contributed by atoms with van der Waals surface area (Å²) in [6.45, 7) is 1.24. The minimum Gasteiger partial charge on any atom is -0.493 e. The van der Waals surface area contributed by atoms with Gasteiger partial charge in [0.25, 0.3) is 11.8 Å². The van der Waals surface area contributed by atoms with E-state index in [1.54, 1.807) is 12.1 Å². The van der Waals surface area contributed by atoms with Gasteiger partial charge in [0.15, 0.2) is 11.5 Å². The van der Waals surface area contributed by atoms with Crippen molar-refractivity contribution in [1.29, 1.82) is 0 Å². The number of ether oxygens (including phenoxy) is 3. The molecule has 2 amide bonds. The van der Waals surface area contributed by atoms with E-state index in [1.165, 1.54) is 28.3 Å². The van der Waals surface area contributed by atoms with Gasteiger partial charge < -0.3 is 19.5 Å². The van der Waals surface area contributed by atoms with Crippen molar-refractivity contribution < 1.29 is 32.6 Å². The standard InChI is InChI=1S/C21H20F2N2O5/c1-11-14(22)7-13(8-15(11)23)24-16-9-19(26)25(21(16)27)10-12-5-17(28-2)20(30-4)18(6-12)29-3/h5-9,24H,10H2,1-4H3. The maximum atomic E-state index is 13.8. The second kappa shape index (κ2) is 8.40. The quantitative estimate of drug-likeness (QED) is 0.696. The van der Waals surface area contributed by atoms with Crippen LogP contribution in [0.5, 0.6) is 17.2 Å². The number of nitrogens with zero attached hydrogens (tertiary/aromatic N) is 1. The van der Waals surface area contributed by atoms with Crippen molar-refractivity contribution in [2.75, 3.05) is 26.6 Å². The zero-order valence-corrected chi connectivity index (χ0v) is 16.8. The number of rotatable bonds is 7. The van der Waals surface area contributed by atoms with E-state index in [4.69, 9.17) is 14.2 Å². The predicted octanol–water partition coefficient (Wildman–Crippen LogP) is 3.16. The van der Waals surface area contributed by atoms with Crippen LogP contribution in [-0.4, -0.2) is 38.0 Å². The summed E-state index contributed by atoms with van der Waals surface area (Å²) >= 11 is 0. The first kappa shape index (κ1) is 21.1. The average Bonchev–Trinajstić information content (AvgIpc) is 2.98. The molecule has 1 N–H and O–H groups in total. The highest BCUT2D eigenvalue weighted by Gasteiger charge is 2.32. The maximum absolute atomic E-state index is 13.8. The average molecular weight is 418 g/mol. The number of imide groups is 1. The van der Waals surface area contributed by atoms with Crippen molar-refractivity contribution in [3.63, 3.8) is 0 Å². The third-order valence-corrected chi connectivity index (χ3v) is 4.63. The number of carbonyl (C=O) groups excluding carboxylic acids is 2. The Balaban J connectivity index is 1.82. The van der Waals surface area contributed by atoms with Gasteiger partial charge in [-0.05, 0) is 36.8 Å². The Bertz CT molecular complexity index is 1000. The highest BCUT2D eigenvalue weighted by Crippen LogP contribution is 2.38. The van der Waals surface area contributed by atoms with E-state index in [2.05, 4.69) is 5.32 Å². The van der Waals surface area contributed by atoms with Crippen LogP contribution in [0, 0.1) is 18.6 Å². The smallest absolute Gasteiger partial charge is 0.277 e. The number of methoxy groups -OCH3 is 3. The largest absolute Gasteiger partial charge is 0.493 e. The topological polar surface area (TPSA) is 77.1 Å². The summed E-state index contributed by atoms with van der Waals surface area (Å²) in [7, 11) is 4.37. The van der Waals surface area contributed by atoms with Crippen molar-refractivity contribution >= 4 is 17.5 Å². The van der Waals surface area contributed by atoms with Crippen LogP contribution in [0.25, 0.3) is 0 Å². The molecule has 0 atom stereocenters. The molecule has 0 saturated carbocycles. The van der Waals surface area contributed by atoms with E-state index < -0.39 is 23.4 Å². The third-order valence-electron chi connectivity index (χ3n) is 4.63. The molecule has 3 rings (SSSR count). The van der Waals surface area contributed by atoms with E-state index in [0.717, 1.165) is 23.1 Å². The predicted molar refractivity (Wildman–Crippen MR) is 104 cm³/mol.